The lowest BCUT2D eigenvalue weighted by molar-refractivity contribution is 0.853. The summed E-state index contributed by atoms with van der Waals surface area (Å²) in [6, 6.07) is 18.1. The second kappa shape index (κ2) is 8.49. The minimum atomic E-state index is 0.623. The molecule has 0 radical (unpaired) electrons. The second-order valence-electron chi connectivity index (χ2n) is 5.87. The molecule has 1 heterocycles. The van der Waals surface area contributed by atoms with Crippen LogP contribution in [-0.2, 0) is 6.42 Å². The van der Waals surface area contributed by atoms with E-state index in [1.54, 1.807) is 6.20 Å². The van der Waals surface area contributed by atoms with Crippen molar-refractivity contribution in [1.29, 1.82) is 0 Å². The van der Waals surface area contributed by atoms with Gasteiger partial charge in [0.2, 0.25) is 5.95 Å². The molecule has 0 saturated carbocycles. The molecular formula is C20H21ClN4. The Labute approximate surface area is 153 Å². The van der Waals surface area contributed by atoms with Crippen molar-refractivity contribution in [2.75, 3.05) is 17.2 Å². The molecule has 5 heteroatoms. The van der Waals surface area contributed by atoms with Crippen LogP contribution in [0.1, 0.15) is 17.5 Å². The van der Waals surface area contributed by atoms with Gasteiger partial charge in [-0.05, 0) is 49.1 Å². The van der Waals surface area contributed by atoms with E-state index in [0.717, 1.165) is 36.5 Å². The third-order valence-corrected chi connectivity index (χ3v) is 4.12. The average Bonchev–Trinajstić information content (AvgIpc) is 2.63. The maximum Gasteiger partial charge on any atom is 0.224 e. The molecule has 0 amide bonds. The lowest BCUT2D eigenvalue weighted by atomic mass is 10.1. The van der Waals surface area contributed by atoms with Crippen LogP contribution >= 0.6 is 11.6 Å². The molecule has 3 rings (SSSR count). The minimum Gasteiger partial charge on any atom is -0.354 e. The molecule has 0 unspecified atom stereocenters. The third kappa shape index (κ3) is 5.19. The zero-order valence-electron chi connectivity index (χ0n) is 14.2. The van der Waals surface area contributed by atoms with Crippen LogP contribution in [0, 0.1) is 6.92 Å². The molecule has 4 nitrogen and oxygen atoms in total. The molecule has 0 aliphatic heterocycles. The molecule has 3 aromatic rings. The average molecular weight is 353 g/mol. The van der Waals surface area contributed by atoms with E-state index in [0.29, 0.717) is 11.0 Å². The van der Waals surface area contributed by atoms with E-state index in [1.807, 2.05) is 37.3 Å². The Bertz CT molecular complexity index is 821. The van der Waals surface area contributed by atoms with Crippen LogP contribution in [0.15, 0.2) is 60.8 Å². The molecule has 25 heavy (non-hydrogen) atoms. The van der Waals surface area contributed by atoms with Crippen LogP contribution in [-0.4, -0.2) is 16.5 Å². The highest BCUT2D eigenvalue weighted by atomic mass is 35.5. The number of benzene rings is 2. The summed E-state index contributed by atoms with van der Waals surface area (Å²) in [4.78, 5) is 8.78. The predicted octanol–water partition coefficient (Wildman–Crippen LogP) is 5.23. The van der Waals surface area contributed by atoms with E-state index in [9.17, 15) is 0 Å². The summed E-state index contributed by atoms with van der Waals surface area (Å²) in [5.41, 5.74) is 3.40. The smallest absolute Gasteiger partial charge is 0.224 e. The molecule has 0 bridgehead atoms. The van der Waals surface area contributed by atoms with E-state index >= 15 is 0 Å². The van der Waals surface area contributed by atoms with Gasteiger partial charge in [-0.15, -0.1) is 0 Å². The number of rotatable bonds is 7. The van der Waals surface area contributed by atoms with Crippen LogP contribution in [0.5, 0.6) is 0 Å². The van der Waals surface area contributed by atoms with E-state index in [2.05, 4.69) is 44.9 Å². The van der Waals surface area contributed by atoms with Crippen LogP contribution in [0.25, 0.3) is 0 Å². The van der Waals surface area contributed by atoms with Gasteiger partial charge in [-0.3, -0.25) is 0 Å². The van der Waals surface area contributed by atoms with Crippen molar-refractivity contribution in [3.63, 3.8) is 0 Å². The van der Waals surface area contributed by atoms with Crippen molar-refractivity contribution in [1.82, 2.24) is 9.97 Å². The van der Waals surface area contributed by atoms with Gasteiger partial charge in [0.05, 0.1) is 0 Å². The first kappa shape index (κ1) is 17.2. The first-order valence-electron chi connectivity index (χ1n) is 8.35. The molecule has 2 N–H and O–H groups in total. The molecule has 0 atom stereocenters. The zero-order valence-corrected chi connectivity index (χ0v) is 14.9. The highest BCUT2D eigenvalue weighted by molar-refractivity contribution is 6.30. The van der Waals surface area contributed by atoms with Gasteiger partial charge in [-0.2, -0.15) is 4.98 Å². The number of anilines is 3. The van der Waals surface area contributed by atoms with Crippen LogP contribution < -0.4 is 10.6 Å². The Balaban J connectivity index is 1.55. The Hall–Kier alpha value is -2.59. The SMILES string of the molecule is Cc1ccc(Cl)cc1Nc1ccnc(NCCCc2ccccc2)n1. The van der Waals surface area contributed by atoms with E-state index < -0.39 is 0 Å². The van der Waals surface area contributed by atoms with Crippen LogP contribution in [0.2, 0.25) is 5.02 Å². The zero-order chi connectivity index (χ0) is 17.5. The Morgan fingerprint density at radius 3 is 2.72 bits per heavy atom. The summed E-state index contributed by atoms with van der Waals surface area (Å²) in [5, 5.41) is 7.27. The van der Waals surface area contributed by atoms with Crippen LogP contribution in [0.3, 0.4) is 0 Å². The summed E-state index contributed by atoms with van der Waals surface area (Å²) < 4.78 is 0. The van der Waals surface area contributed by atoms with Crippen molar-refractivity contribution < 1.29 is 0 Å². The number of hydrogen-bond donors (Lipinski definition) is 2. The number of hydrogen-bond acceptors (Lipinski definition) is 4. The van der Waals surface area contributed by atoms with Gasteiger partial charge < -0.3 is 10.6 Å². The number of nitrogens with zero attached hydrogens (tertiary/aromatic N) is 2. The Morgan fingerprint density at radius 2 is 1.88 bits per heavy atom. The van der Waals surface area contributed by atoms with E-state index in [-0.39, 0.29) is 0 Å². The summed E-state index contributed by atoms with van der Waals surface area (Å²) in [6.07, 6.45) is 3.81. The number of nitrogens with one attached hydrogen (secondary N) is 2. The topological polar surface area (TPSA) is 49.8 Å². The number of aryl methyl sites for hydroxylation is 2. The van der Waals surface area contributed by atoms with E-state index in [4.69, 9.17) is 11.6 Å². The first-order valence-corrected chi connectivity index (χ1v) is 8.72. The van der Waals surface area contributed by atoms with Gasteiger partial charge in [-0.1, -0.05) is 48.0 Å². The molecule has 0 aliphatic rings. The number of halogens is 1. The summed E-state index contributed by atoms with van der Waals surface area (Å²) >= 11 is 6.06. The van der Waals surface area contributed by atoms with Gasteiger partial charge in [0, 0.05) is 23.5 Å². The summed E-state index contributed by atoms with van der Waals surface area (Å²) in [7, 11) is 0. The summed E-state index contributed by atoms with van der Waals surface area (Å²) in [6.45, 7) is 2.86. The standard InChI is InChI=1S/C20H21ClN4/c1-15-9-10-17(21)14-18(15)24-19-11-13-23-20(25-19)22-12-5-8-16-6-3-2-4-7-16/h2-4,6-7,9-11,13-14H,5,8,12H2,1H3,(H2,22,23,24,25). The highest BCUT2D eigenvalue weighted by Gasteiger charge is 2.03. The Morgan fingerprint density at radius 1 is 1.04 bits per heavy atom. The molecule has 1 aromatic heterocycles. The molecule has 0 saturated heterocycles. The molecular weight excluding hydrogens is 332 g/mol. The van der Waals surface area contributed by atoms with Crippen molar-refractivity contribution in [2.24, 2.45) is 0 Å². The van der Waals surface area contributed by atoms with Crippen molar-refractivity contribution in [2.45, 2.75) is 19.8 Å². The van der Waals surface area contributed by atoms with Crippen molar-refractivity contribution in [3.05, 3.63) is 76.9 Å². The van der Waals surface area contributed by atoms with Gasteiger partial charge in [0.1, 0.15) is 5.82 Å². The molecule has 0 spiro atoms. The minimum absolute atomic E-state index is 0.623. The van der Waals surface area contributed by atoms with Gasteiger partial charge in [0.25, 0.3) is 0 Å². The quantitative estimate of drug-likeness (QED) is 0.572. The molecule has 0 fully saturated rings. The normalized spacial score (nSPS) is 10.5. The third-order valence-electron chi connectivity index (χ3n) is 3.89. The lowest BCUT2D eigenvalue weighted by Gasteiger charge is -2.11. The summed E-state index contributed by atoms with van der Waals surface area (Å²) in [5.74, 6) is 1.36. The van der Waals surface area contributed by atoms with Crippen molar-refractivity contribution >= 4 is 29.1 Å². The second-order valence-corrected chi connectivity index (χ2v) is 6.30. The predicted molar refractivity (Wildman–Crippen MR) is 105 cm³/mol. The van der Waals surface area contributed by atoms with Gasteiger partial charge in [-0.25, -0.2) is 4.98 Å². The molecule has 2 aromatic carbocycles. The molecule has 128 valence electrons. The maximum absolute atomic E-state index is 6.06. The number of aromatic nitrogens is 2. The Kier molecular flexibility index (Phi) is 5.86. The molecule has 0 aliphatic carbocycles. The lowest BCUT2D eigenvalue weighted by Crippen LogP contribution is -2.07. The van der Waals surface area contributed by atoms with E-state index in [1.165, 1.54) is 5.56 Å². The first-order chi connectivity index (χ1) is 12.2. The fourth-order valence-corrected chi connectivity index (χ4v) is 2.69. The fourth-order valence-electron chi connectivity index (χ4n) is 2.52. The fraction of sp³-hybridized carbons (Fsp3) is 0.200. The largest absolute Gasteiger partial charge is 0.354 e. The monoisotopic (exact) mass is 352 g/mol. The van der Waals surface area contributed by atoms with Gasteiger partial charge >= 0.3 is 0 Å². The van der Waals surface area contributed by atoms with Gasteiger partial charge in [0.15, 0.2) is 0 Å². The van der Waals surface area contributed by atoms with Crippen LogP contribution in [0.4, 0.5) is 17.5 Å². The maximum atomic E-state index is 6.06. The highest BCUT2D eigenvalue weighted by Crippen LogP contribution is 2.23. The van der Waals surface area contributed by atoms with Crippen molar-refractivity contribution in [3.8, 4) is 0 Å².